The lowest BCUT2D eigenvalue weighted by atomic mass is 10.2. The summed E-state index contributed by atoms with van der Waals surface area (Å²) in [4.78, 5) is 27.6. The monoisotopic (exact) mass is 318 g/mol. The van der Waals surface area contributed by atoms with Gasteiger partial charge in [-0.15, -0.1) is 0 Å². The number of pyridine rings is 1. The first-order chi connectivity index (χ1) is 9.06. The van der Waals surface area contributed by atoms with Crippen molar-refractivity contribution in [1.29, 1.82) is 0 Å². The van der Waals surface area contributed by atoms with Crippen LogP contribution in [0.4, 0.5) is 0 Å². The van der Waals surface area contributed by atoms with E-state index in [1.165, 1.54) is 22.7 Å². The summed E-state index contributed by atoms with van der Waals surface area (Å²) in [6, 6.07) is 8.16. The van der Waals surface area contributed by atoms with Gasteiger partial charge in [0.2, 0.25) is 0 Å². The van der Waals surface area contributed by atoms with Crippen LogP contribution >= 0.6 is 15.9 Å². The number of hydrogen-bond donors (Lipinski definition) is 1. The van der Waals surface area contributed by atoms with Gasteiger partial charge in [0.25, 0.3) is 5.56 Å². The molecule has 0 amide bonds. The van der Waals surface area contributed by atoms with E-state index in [-0.39, 0.29) is 11.1 Å². The van der Waals surface area contributed by atoms with Crippen molar-refractivity contribution < 1.29 is 9.90 Å². The third-order valence-electron chi connectivity index (χ3n) is 2.82. The minimum absolute atomic E-state index is 0.0470. The molecule has 2 aromatic heterocycles. The SMILES string of the molecule is O=C(O)c1ccc2nc3ccc(Br)cc3c(=O)n2c1. The van der Waals surface area contributed by atoms with Crippen LogP contribution in [0.15, 0.2) is 45.8 Å². The summed E-state index contributed by atoms with van der Waals surface area (Å²) in [6.07, 6.45) is 1.29. The lowest BCUT2D eigenvalue weighted by Crippen LogP contribution is -2.16. The molecule has 1 aromatic carbocycles. The van der Waals surface area contributed by atoms with Crippen molar-refractivity contribution in [2.24, 2.45) is 0 Å². The highest BCUT2D eigenvalue weighted by atomic mass is 79.9. The molecule has 1 N–H and O–H groups in total. The van der Waals surface area contributed by atoms with Gasteiger partial charge in [0.1, 0.15) is 5.65 Å². The fourth-order valence-corrected chi connectivity index (χ4v) is 2.26. The third kappa shape index (κ3) is 1.90. The van der Waals surface area contributed by atoms with Crippen LogP contribution < -0.4 is 5.56 Å². The zero-order chi connectivity index (χ0) is 13.6. The molecule has 94 valence electrons. The number of carboxylic acid groups (broad SMARTS) is 1. The first-order valence-corrected chi connectivity index (χ1v) is 6.20. The molecule has 5 nitrogen and oxygen atoms in total. The standard InChI is InChI=1S/C13H7BrN2O3/c14-8-2-3-10-9(5-8)12(17)16-6-7(13(18)19)1-4-11(16)15-10/h1-6H,(H,18,19). The van der Waals surface area contributed by atoms with Crippen LogP contribution in [-0.2, 0) is 0 Å². The van der Waals surface area contributed by atoms with Gasteiger partial charge in [-0.2, -0.15) is 0 Å². The molecule has 0 aliphatic carbocycles. The van der Waals surface area contributed by atoms with E-state index in [1.54, 1.807) is 18.2 Å². The zero-order valence-corrected chi connectivity index (χ0v) is 11.1. The molecule has 6 heteroatoms. The van der Waals surface area contributed by atoms with Crippen LogP contribution in [0.3, 0.4) is 0 Å². The number of carboxylic acids is 1. The van der Waals surface area contributed by atoms with Crippen LogP contribution in [0.1, 0.15) is 10.4 Å². The molecule has 0 unspecified atom stereocenters. The lowest BCUT2D eigenvalue weighted by Gasteiger charge is -2.04. The van der Waals surface area contributed by atoms with Gasteiger partial charge in [0.05, 0.1) is 16.5 Å². The van der Waals surface area contributed by atoms with Gasteiger partial charge in [-0.3, -0.25) is 9.20 Å². The van der Waals surface area contributed by atoms with Crippen molar-refractivity contribution in [3.63, 3.8) is 0 Å². The van der Waals surface area contributed by atoms with E-state index in [9.17, 15) is 9.59 Å². The molecule has 3 rings (SSSR count). The van der Waals surface area contributed by atoms with Gasteiger partial charge in [0.15, 0.2) is 0 Å². The highest BCUT2D eigenvalue weighted by molar-refractivity contribution is 9.10. The number of hydrogen-bond acceptors (Lipinski definition) is 3. The van der Waals surface area contributed by atoms with E-state index >= 15 is 0 Å². The smallest absolute Gasteiger partial charge is 0.337 e. The minimum atomic E-state index is -1.08. The van der Waals surface area contributed by atoms with Crippen LogP contribution in [0, 0.1) is 0 Å². The van der Waals surface area contributed by atoms with Gasteiger partial charge in [-0.1, -0.05) is 15.9 Å². The molecule has 0 atom stereocenters. The number of carbonyl (C=O) groups is 1. The fraction of sp³-hybridized carbons (Fsp3) is 0. The normalized spacial score (nSPS) is 11.0. The fourth-order valence-electron chi connectivity index (χ4n) is 1.90. The van der Waals surface area contributed by atoms with E-state index in [2.05, 4.69) is 20.9 Å². The largest absolute Gasteiger partial charge is 0.478 e. The van der Waals surface area contributed by atoms with Crippen LogP contribution in [0.2, 0.25) is 0 Å². The highest BCUT2D eigenvalue weighted by Crippen LogP contribution is 2.16. The van der Waals surface area contributed by atoms with E-state index in [1.807, 2.05) is 0 Å². The number of rotatable bonds is 1. The Labute approximate surface area is 115 Å². The summed E-state index contributed by atoms with van der Waals surface area (Å²) >= 11 is 3.30. The molecule has 0 aliphatic heterocycles. The van der Waals surface area contributed by atoms with Crippen molar-refractivity contribution in [2.45, 2.75) is 0 Å². The molecule has 0 bridgehead atoms. The summed E-state index contributed by atoms with van der Waals surface area (Å²) in [5.74, 6) is -1.08. The number of aromatic carboxylic acids is 1. The summed E-state index contributed by atoms with van der Waals surface area (Å²) in [6.45, 7) is 0. The molecular formula is C13H7BrN2O3. The Morgan fingerprint density at radius 3 is 2.79 bits per heavy atom. The Kier molecular flexibility index (Phi) is 2.60. The second-order valence-electron chi connectivity index (χ2n) is 4.03. The maximum atomic E-state index is 12.3. The van der Waals surface area contributed by atoms with Gasteiger partial charge >= 0.3 is 5.97 Å². The Bertz CT molecular complexity index is 886. The van der Waals surface area contributed by atoms with Crippen LogP contribution in [0.5, 0.6) is 0 Å². The molecule has 0 saturated carbocycles. The third-order valence-corrected chi connectivity index (χ3v) is 3.31. The lowest BCUT2D eigenvalue weighted by molar-refractivity contribution is 0.0696. The number of benzene rings is 1. The molecule has 0 radical (unpaired) electrons. The van der Waals surface area contributed by atoms with Crippen molar-refractivity contribution in [3.05, 3.63) is 56.9 Å². The Morgan fingerprint density at radius 1 is 1.26 bits per heavy atom. The molecule has 3 aromatic rings. The summed E-state index contributed by atoms with van der Waals surface area (Å²) in [5.41, 5.74) is 0.760. The average Bonchev–Trinajstić information content (AvgIpc) is 2.39. The molecular weight excluding hydrogens is 312 g/mol. The summed E-state index contributed by atoms with van der Waals surface area (Å²) in [5, 5.41) is 9.39. The van der Waals surface area contributed by atoms with Crippen LogP contribution in [0.25, 0.3) is 16.6 Å². The molecule has 0 spiro atoms. The zero-order valence-electron chi connectivity index (χ0n) is 9.50. The minimum Gasteiger partial charge on any atom is -0.478 e. The van der Waals surface area contributed by atoms with Gasteiger partial charge in [-0.25, -0.2) is 9.78 Å². The van der Waals surface area contributed by atoms with Crippen molar-refractivity contribution in [3.8, 4) is 0 Å². The van der Waals surface area contributed by atoms with E-state index in [0.29, 0.717) is 16.6 Å². The second-order valence-corrected chi connectivity index (χ2v) is 4.95. The van der Waals surface area contributed by atoms with E-state index < -0.39 is 5.97 Å². The topological polar surface area (TPSA) is 71.7 Å². The number of halogens is 1. The first-order valence-electron chi connectivity index (χ1n) is 5.41. The van der Waals surface area contributed by atoms with E-state index in [4.69, 9.17) is 5.11 Å². The summed E-state index contributed by atoms with van der Waals surface area (Å²) in [7, 11) is 0. The van der Waals surface area contributed by atoms with Gasteiger partial charge < -0.3 is 5.11 Å². The Hall–Kier alpha value is -2.21. The number of aromatic nitrogens is 2. The first kappa shape index (κ1) is 11.9. The van der Waals surface area contributed by atoms with Crippen molar-refractivity contribution in [2.75, 3.05) is 0 Å². The number of nitrogens with zero attached hydrogens (tertiary/aromatic N) is 2. The van der Waals surface area contributed by atoms with E-state index in [0.717, 1.165) is 4.47 Å². The molecule has 19 heavy (non-hydrogen) atoms. The van der Waals surface area contributed by atoms with Gasteiger partial charge in [-0.05, 0) is 30.3 Å². The molecule has 0 fully saturated rings. The van der Waals surface area contributed by atoms with Crippen LogP contribution in [-0.4, -0.2) is 20.5 Å². The predicted octanol–water partition coefficient (Wildman–Crippen LogP) is 2.31. The average molecular weight is 319 g/mol. The van der Waals surface area contributed by atoms with Gasteiger partial charge in [0, 0.05) is 10.7 Å². The Balaban J connectivity index is 2.48. The highest BCUT2D eigenvalue weighted by Gasteiger charge is 2.09. The summed E-state index contributed by atoms with van der Waals surface area (Å²) < 4.78 is 2.02. The molecule has 0 saturated heterocycles. The predicted molar refractivity (Wildman–Crippen MR) is 73.6 cm³/mol. The molecule has 0 aliphatic rings. The quantitative estimate of drug-likeness (QED) is 0.699. The second kappa shape index (κ2) is 4.17. The van der Waals surface area contributed by atoms with Crippen molar-refractivity contribution >= 4 is 38.4 Å². The number of fused-ring (bicyclic) bond motifs is 2. The Morgan fingerprint density at radius 2 is 2.05 bits per heavy atom. The maximum Gasteiger partial charge on any atom is 0.337 e. The maximum absolute atomic E-state index is 12.3. The molecule has 2 heterocycles. The van der Waals surface area contributed by atoms with Crippen molar-refractivity contribution in [1.82, 2.24) is 9.38 Å².